The van der Waals surface area contributed by atoms with Gasteiger partial charge in [0.25, 0.3) is 5.91 Å². The number of ether oxygens (including phenoxy) is 1. The quantitative estimate of drug-likeness (QED) is 0.592. The summed E-state index contributed by atoms with van der Waals surface area (Å²) in [5.74, 6) is -0.450. The van der Waals surface area contributed by atoms with Crippen LogP contribution in [0.2, 0.25) is 0 Å². The lowest BCUT2D eigenvalue weighted by atomic mass is 10.2. The first-order valence-corrected chi connectivity index (χ1v) is 11.0. The van der Waals surface area contributed by atoms with E-state index in [4.69, 9.17) is 9.84 Å². The van der Waals surface area contributed by atoms with Crippen LogP contribution >= 0.6 is 23.5 Å². The van der Waals surface area contributed by atoms with Crippen molar-refractivity contribution in [3.05, 3.63) is 34.9 Å². The maximum atomic E-state index is 12.9. The van der Waals surface area contributed by atoms with Crippen molar-refractivity contribution in [3.8, 4) is 0 Å². The summed E-state index contributed by atoms with van der Waals surface area (Å²) in [6, 6.07) is 7.42. The lowest BCUT2D eigenvalue weighted by Crippen LogP contribution is -2.31. The number of carbonyl (C=O) groups is 2. The molecule has 0 aromatic heterocycles. The standard InChI is InChI=1S/C19H23N3O4S2/c1-2-26-12-15-17(28-19-20-9-3-10-22(15)19)18(25)21-13-4-6-14(7-5-13)27-11-8-16(23)24/h4-7H,2-3,8-12H2,1H3,(H,21,25)(H,23,24). The van der Waals surface area contributed by atoms with Gasteiger partial charge in [0.05, 0.1) is 18.7 Å². The largest absolute Gasteiger partial charge is 0.481 e. The number of aliphatic imine (C=N–C) groups is 1. The molecule has 2 aliphatic rings. The van der Waals surface area contributed by atoms with E-state index >= 15 is 0 Å². The number of carboxylic acids is 1. The van der Waals surface area contributed by atoms with Gasteiger partial charge in [0.2, 0.25) is 0 Å². The third kappa shape index (κ3) is 5.30. The van der Waals surface area contributed by atoms with E-state index in [9.17, 15) is 9.59 Å². The predicted octanol–water partition coefficient (Wildman–Crippen LogP) is 3.25. The zero-order valence-electron chi connectivity index (χ0n) is 15.6. The normalized spacial score (nSPS) is 16.0. The van der Waals surface area contributed by atoms with E-state index in [0.717, 1.165) is 35.3 Å². The van der Waals surface area contributed by atoms with Crippen LogP contribution in [0.4, 0.5) is 5.69 Å². The number of thioether (sulfide) groups is 2. The summed E-state index contributed by atoms with van der Waals surface area (Å²) in [5.41, 5.74) is 1.58. The summed E-state index contributed by atoms with van der Waals surface area (Å²) in [4.78, 5) is 31.7. The molecule has 28 heavy (non-hydrogen) atoms. The number of nitrogens with one attached hydrogen (secondary N) is 1. The third-order valence-corrected chi connectivity index (χ3v) is 6.32. The van der Waals surface area contributed by atoms with Gasteiger partial charge in [0.1, 0.15) is 4.91 Å². The van der Waals surface area contributed by atoms with E-state index in [0.29, 0.717) is 29.6 Å². The van der Waals surface area contributed by atoms with E-state index in [1.54, 1.807) is 0 Å². The van der Waals surface area contributed by atoms with Crippen LogP contribution in [0.3, 0.4) is 0 Å². The second-order valence-electron chi connectivity index (χ2n) is 6.16. The fourth-order valence-corrected chi connectivity index (χ4v) is 4.71. The molecular weight excluding hydrogens is 398 g/mol. The zero-order valence-corrected chi connectivity index (χ0v) is 17.3. The van der Waals surface area contributed by atoms with Gasteiger partial charge in [-0.3, -0.25) is 14.6 Å². The molecule has 9 heteroatoms. The monoisotopic (exact) mass is 421 g/mol. The predicted molar refractivity (Wildman–Crippen MR) is 113 cm³/mol. The van der Waals surface area contributed by atoms with Crippen LogP contribution in [0.5, 0.6) is 0 Å². The van der Waals surface area contributed by atoms with Gasteiger partial charge in [-0.05, 0) is 49.4 Å². The maximum absolute atomic E-state index is 12.9. The second kappa shape index (κ2) is 9.99. The molecule has 0 atom stereocenters. The van der Waals surface area contributed by atoms with Gasteiger partial charge in [-0.1, -0.05) is 0 Å². The molecule has 0 fully saturated rings. The number of fused-ring (bicyclic) bond motifs is 1. The number of hydrogen-bond donors (Lipinski definition) is 2. The Morgan fingerprint density at radius 3 is 2.86 bits per heavy atom. The summed E-state index contributed by atoms with van der Waals surface area (Å²) in [6.07, 6.45) is 1.09. The fraction of sp³-hybridized carbons (Fsp3) is 0.421. The number of amides is 1. The van der Waals surface area contributed by atoms with Crippen LogP contribution < -0.4 is 5.32 Å². The average molecular weight is 422 g/mol. The highest BCUT2D eigenvalue weighted by Gasteiger charge is 2.34. The minimum absolute atomic E-state index is 0.123. The lowest BCUT2D eigenvalue weighted by molar-refractivity contribution is -0.136. The van der Waals surface area contributed by atoms with E-state index in [-0.39, 0.29) is 12.3 Å². The number of carbonyl (C=O) groups excluding carboxylic acids is 1. The fourth-order valence-electron chi connectivity index (χ4n) is 2.79. The van der Waals surface area contributed by atoms with Crippen LogP contribution in [0.25, 0.3) is 0 Å². The molecule has 1 aromatic carbocycles. The summed E-state index contributed by atoms with van der Waals surface area (Å²) in [7, 11) is 0. The molecular formula is C19H23N3O4S2. The Kier molecular flexibility index (Phi) is 7.41. The summed E-state index contributed by atoms with van der Waals surface area (Å²) in [6.45, 7) is 4.56. The highest BCUT2D eigenvalue weighted by Crippen LogP contribution is 2.37. The van der Waals surface area contributed by atoms with Crippen molar-refractivity contribution in [1.29, 1.82) is 0 Å². The molecule has 7 nitrogen and oxygen atoms in total. The summed E-state index contributed by atoms with van der Waals surface area (Å²) < 4.78 is 5.57. The SMILES string of the molecule is CCOCC1=C(C(=O)Nc2ccc(SCCC(=O)O)cc2)SC2=NCCCN21. The number of aliphatic carboxylic acids is 1. The number of carboxylic acid groups (broad SMARTS) is 1. The van der Waals surface area contributed by atoms with Gasteiger partial charge in [-0.25, -0.2) is 0 Å². The number of amidine groups is 1. The highest BCUT2D eigenvalue weighted by molar-refractivity contribution is 8.18. The van der Waals surface area contributed by atoms with Gasteiger partial charge < -0.3 is 20.1 Å². The molecule has 0 saturated carbocycles. The van der Waals surface area contributed by atoms with Gasteiger partial charge >= 0.3 is 5.97 Å². The van der Waals surface area contributed by atoms with E-state index in [1.165, 1.54) is 23.5 Å². The Bertz CT molecular complexity index is 793. The number of rotatable bonds is 9. The van der Waals surface area contributed by atoms with Crippen LogP contribution in [-0.2, 0) is 14.3 Å². The first-order valence-electron chi connectivity index (χ1n) is 9.15. The molecule has 3 rings (SSSR count). The van der Waals surface area contributed by atoms with Crippen LogP contribution in [0.15, 0.2) is 44.8 Å². The Labute approximate surface area is 172 Å². The van der Waals surface area contributed by atoms with Crippen LogP contribution in [0.1, 0.15) is 19.8 Å². The molecule has 2 N–H and O–H groups in total. The van der Waals surface area contributed by atoms with E-state index < -0.39 is 5.97 Å². The molecule has 1 amide bonds. The molecule has 0 aliphatic carbocycles. The Hall–Kier alpha value is -1.97. The molecule has 0 saturated heterocycles. The Morgan fingerprint density at radius 2 is 2.14 bits per heavy atom. The van der Waals surface area contributed by atoms with Crippen molar-refractivity contribution in [3.63, 3.8) is 0 Å². The third-order valence-electron chi connectivity index (χ3n) is 4.15. The molecule has 0 unspecified atom stereocenters. The van der Waals surface area contributed by atoms with Crippen molar-refractivity contribution < 1.29 is 19.4 Å². The van der Waals surface area contributed by atoms with Crippen LogP contribution in [0, 0.1) is 0 Å². The first-order chi connectivity index (χ1) is 13.6. The molecule has 2 heterocycles. The number of anilines is 1. The highest BCUT2D eigenvalue weighted by atomic mass is 32.2. The molecule has 2 aliphatic heterocycles. The molecule has 0 bridgehead atoms. The molecule has 1 aromatic rings. The van der Waals surface area contributed by atoms with Crippen molar-refractivity contribution in [2.45, 2.75) is 24.7 Å². The van der Waals surface area contributed by atoms with E-state index in [2.05, 4.69) is 15.2 Å². The van der Waals surface area contributed by atoms with Gasteiger partial charge in [0, 0.05) is 36.0 Å². The average Bonchev–Trinajstić information content (AvgIpc) is 3.06. The van der Waals surface area contributed by atoms with Crippen LogP contribution in [-0.4, -0.2) is 59.1 Å². The molecule has 0 radical (unpaired) electrons. The van der Waals surface area contributed by atoms with Gasteiger partial charge in [-0.2, -0.15) is 0 Å². The molecule has 0 spiro atoms. The number of hydrogen-bond acceptors (Lipinski definition) is 7. The second-order valence-corrected chi connectivity index (χ2v) is 8.30. The van der Waals surface area contributed by atoms with Crippen molar-refractivity contribution in [1.82, 2.24) is 4.90 Å². The van der Waals surface area contributed by atoms with Gasteiger partial charge in [0.15, 0.2) is 5.17 Å². The zero-order chi connectivity index (χ0) is 19.9. The lowest BCUT2D eigenvalue weighted by Gasteiger charge is -2.25. The van der Waals surface area contributed by atoms with Crippen molar-refractivity contribution >= 4 is 46.3 Å². The summed E-state index contributed by atoms with van der Waals surface area (Å²) >= 11 is 2.88. The van der Waals surface area contributed by atoms with E-state index in [1.807, 2.05) is 31.2 Å². The van der Waals surface area contributed by atoms with Crippen molar-refractivity contribution in [2.75, 3.05) is 37.4 Å². The topological polar surface area (TPSA) is 91.2 Å². The Morgan fingerprint density at radius 1 is 1.36 bits per heavy atom. The van der Waals surface area contributed by atoms with Gasteiger partial charge in [-0.15, -0.1) is 11.8 Å². The minimum atomic E-state index is -0.803. The minimum Gasteiger partial charge on any atom is -0.481 e. The molecule has 150 valence electrons. The maximum Gasteiger partial charge on any atom is 0.304 e. The summed E-state index contributed by atoms with van der Waals surface area (Å²) in [5, 5.41) is 12.5. The smallest absolute Gasteiger partial charge is 0.304 e. The van der Waals surface area contributed by atoms with Crippen molar-refractivity contribution in [2.24, 2.45) is 4.99 Å². The number of nitrogens with zero attached hydrogens (tertiary/aromatic N) is 2. The Balaban J connectivity index is 1.66. The first kappa shape index (κ1) is 20.8. The number of benzene rings is 1.